The highest BCUT2D eigenvalue weighted by molar-refractivity contribution is 6.11. The van der Waals surface area contributed by atoms with Crippen LogP contribution in [0.5, 0.6) is 0 Å². The maximum atomic E-state index is 13.7. The summed E-state index contributed by atoms with van der Waals surface area (Å²) in [4.78, 5) is 8.64. The van der Waals surface area contributed by atoms with Crippen LogP contribution in [-0.2, 0) is 7.05 Å². The standard InChI is InChI=1S/C25H23FN3O/c1-13(2)16-6-7-18-20(11-16)27-12-29(5)23(18)22-15(4)14(3)10-19-17-8-9-21(26)28-25(17)30-24(19)22/h6-13H,1-5H3/q+1. The van der Waals surface area contributed by atoms with Crippen LogP contribution in [0.4, 0.5) is 4.39 Å². The fraction of sp³-hybridized carbons (Fsp3) is 0.240. The van der Waals surface area contributed by atoms with Gasteiger partial charge in [0, 0.05) is 10.8 Å². The quantitative estimate of drug-likeness (QED) is 0.274. The Hall–Kier alpha value is -3.34. The van der Waals surface area contributed by atoms with E-state index >= 15 is 0 Å². The Morgan fingerprint density at radius 1 is 1.00 bits per heavy atom. The smallest absolute Gasteiger partial charge is 0.287 e. The second kappa shape index (κ2) is 6.59. The van der Waals surface area contributed by atoms with Crippen molar-refractivity contribution in [1.29, 1.82) is 0 Å². The zero-order valence-electron chi connectivity index (χ0n) is 17.7. The first kappa shape index (κ1) is 18.7. The molecule has 0 saturated heterocycles. The van der Waals surface area contributed by atoms with Crippen LogP contribution in [0.25, 0.3) is 44.2 Å². The number of hydrogen-bond donors (Lipinski definition) is 0. The fourth-order valence-electron chi connectivity index (χ4n) is 4.20. The summed E-state index contributed by atoms with van der Waals surface area (Å²) in [6.45, 7) is 8.55. The van der Waals surface area contributed by atoms with Crippen LogP contribution in [0.15, 0.2) is 47.1 Å². The van der Waals surface area contributed by atoms with Gasteiger partial charge in [0.2, 0.25) is 11.7 Å². The molecule has 4 nitrogen and oxygen atoms in total. The highest BCUT2D eigenvalue weighted by Crippen LogP contribution is 2.40. The van der Waals surface area contributed by atoms with Crippen LogP contribution in [0.3, 0.4) is 0 Å². The Morgan fingerprint density at radius 3 is 2.53 bits per heavy atom. The molecule has 3 heterocycles. The third-order valence-corrected chi connectivity index (χ3v) is 6.02. The van der Waals surface area contributed by atoms with Crippen molar-refractivity contribution >= 4 is 33.0 Å². The third kappa shape index (κ3) is 2.69. The van der Waals surface area contributed by atoms with Crippen LogP contribution in [-0.4, -0.2) is 9.97 Å². The van der Waals surface area contributed by atoms with Crippen molar-refractivity contribution in [2.75, 3.05) is 0 Å². The molecule has 0 amide bonds. The first-order valence-electron chi connectivity index (χ1n) is 10.1. The van der Waals surface area contributed by atoms with Crippen molar-refractivity contribution in [1.82, 2.24) is 9.97 Å². The van der Waals surface area contributed by atoms with Crippen LogP contribution in [0.2, 0.25) is 0 Å². The molecule has 150 valence electrons. The Balaban J connectivity index is 1.93. The van der Waals surface area contributed by atoms with Gasteiger partial charge in [-0.3, -0.25) is 0 Å². The lowest BCUT2D eigenvalue weighted by atomic mass is 9.93. The molecule has 0 aliphatic heterocycles. The van der Waals surface area contributed by atoms with Gasteiger partial charge in [-0.15, -0.1) is 0 Å². The summed E-state index contributed by atoms with van der Waals surface area (Å²) >= 11 is 0. The Morgan fingerprint density at radius 2 is 1.77 bits per heavy atom. The predicted molar refractivity (Wildman–Crippen MR) is 117 cm³/mol. The lowest BCUT2D eigenvalue weighted by Gasteiger charge is -2.12. The molecule has 0 radical (unpaired) electrons. The summed E-state index contributed by atoms with van der Waals surface area (Å²) in [5.41, 5.74) is 7.54. The minimum Gasteiger partial charge on any atom is -0.437 e. The molecule has 0 N–H and O–H groups in total. The molecule has 0 bridgehead atoms. The number of hydrogen-bond acceptors (Lipinski definition) is 3. The van der Waals surface area contributed by atoms with Crippen LogP contribution in [0, 0.1) is 19.8 Å². The highest BCUT2D eigenvalue weighted by atomic mass is 19.1. The summed E-state index contributed by atoms with van der Waals surface area (Å²) in [6, 6.07) is 11.7. The summed E-state index contributed by atoms with van der Waals surface area (Å²) in [6.07, 6.45) is 1.84. The van der Waals surface area contributed by atoms with Gasteiger partial charge < -0.3 is 4.42 Å². The molecule has 0 atom stereocenters. The summed E-state index contributed by atoms with van der Waals surface area (Å²) in [5.74, 6) is -0.116. The first-order valence-corrected chi connectivity index (χ1v) is 10.1. The van der Waals surface area contributed by atoms with Crippen molar-refractivity contribution in [2.45, 2.75) is 33.6 Å². The van der Waals surface area contributed by atoms with Gasteiger partial charge in [0.05, 0.1) is 18.0 Å². The maximum absolute atomic E-state index is 13.7. The van der Waals surface area contributed by atoms with E-state index in [1.165, 1.54) is 11.6 Å². The van der Waals surface area contributed by atoms with Crippen molar-refractivity contribution in [2.24, 2.45) is 7.05 Å². The van der Waals surface area contributed by atoms with Gasteiger partial charge in [-0.25, -0.2) is 4.57 Å². The fourth-order valence-corrected chi connectivity index (χ4v) is 4.20. The van der Waals surface area contributed by atoms with Gasteiger partial charge in [-0.2, -0.15) is 9.37 Å². The molecule has 0 saturated carbocycles. The molecule has 0 aliphatic rings. The zero-order valence-corrected chi connectivity index (χ0v) is 17.7. The second-order valence-electron chi connectivity index (χ2n) is 8.29. The van der Waals surface area contributed by atoms with E-state index in [0.29, 0.717) is 11.6 Å². The van der Waals surface area contributed by atoms with Crippen molar-refractivity contribution in [3.8, 4) is 11.3 Å². The Bertz CT molecular complexity index is 1470. The van der Waals surface area contributed by atoms with E-state index in [-0.39, 0.29) is 0 Å². The molecule has 0 spiro atoms. The molecule has 30 heavy (non-hydrogen) atoms. The number of halogens is 1. The van der Waals surface area contributed by atoms with Crippen molar-refractivity contribution in [3.63, 3.8) is 0 Å². The molecule has 5 heteroatoms. The molecule has 2 aromatic carbocycles. The van der Waals surface area contributed by atoms with Crippen molar-refractivity contribution in [3.05, 3.63) is 65.4 Å². The Labute approximate surface area is 174 Å². The molecule has 5 rings (SSSR count). The molecule has 0 unspecified atom stereocenters. The number of aryl methyl sites for hydroxylation is 2. The maximum Gasteiger partial charge on any atom is 0.287 e. The average Bonchev–Trinajstić information content (AvgIpc) is 3.06. The second-order valence-corrected chi connectivity index (χ2v) is 8.29. The topological polar surface area (TPSA) is 42.8 Å². The van der Waals surface area contributed by atoms with Crippen LogP contribution < -0.4 is 4.57 Å². The molecular weight excluding hydrogens is 377 g/mol. The van der Waals surface area contributed by atoms with Gasteiger partial charge in [-0.05, 0) is 71.8 Å². The molecule has 3 aromatic heterocycles. The molecule has 5 aromatic rings. The molecule has 0 fully saturated rings. The lowest BCUT2D eigenvalue weighted by Crippen LogP contribution is -2.32. The zero-order chi connectivity index (χ0) is 21.2. The number of benzene rings is 2. The van der Waals surface area contributed by atoms with E-state index in [1.807, 2.05) is 17.9 Å². The van der Waals surface area contributed by atoms with Crippen LogP contribution in [0.1, 0.15) is 36.5 Å². The number of nitrogens with zero attached hydrogens (tertiary/aromatic N) is 3. The number of fused-ring (bicyclic) bond motifs is 4. The van der Waals surface area contributed by atoms with Gasteiger partial charge in [0.1, 0.15) is 11.3 Å². The third-order valence-electron chi connectivity index (χ3n) is 6.02. The van der Waals surface area contributed by atoms with Crippen LogP contribution >= 0.6 is 0 Å². The van der Waals surface area contributed by atoms with Gasteiger partial charge in [-0.1, -0.05) is 19.9 Å². The average molecular weight is 400 g/mol. The summed E-state index contributed by atoms with van der Waals surface area (Å²) in [7, 11) is 1.99. The largest absolute Gasteiger partial charge is 0.437 e. The predicted octanol–water partition coefficient (Wildman–Crippen LogP) is 5.90. The summed E-state index contributed by atoms with van der Waals surface area (Å²) in [5, 5.41) is 2.82. The lowest BCUT2D eigenvalue weighted by molar-refractivity contribution is -0.662. The van der Waals surface area contributed by atoms with E-state index < -0.39 is 5.95 Å². The van der Waals surface area contributed by atoms with E-state index in [4.69, 9.17) is 4.42 Å². The minimum atomic E-state index is -0.544. The van der Waals surface area contributed by atoms with Crippen molar-refractivity contribution < 1.29 is 13.4 Å². The SMILES string of the molecule is Cc1cc2c(oc3nc(F)ccc32)c(-c2c3ccc(C(C)C)cc3nc[n+]2C)c1C. The molecular formula is C25H23FN3O+. The Kier molecular flexibility index (Phi) is 4.10. The highest BCUT2D eigenvalue weighted by Gasteiger charge is 2.24. The number of pyridine rings is 1. The van der Waals surface area contributed by atoms with Gasteiger partial charge >= 0.3 is 0 Å². The minimum absolute atomic E-state index is 0.319. The number of rotatable bonds is 2. The first-order chi connectivity index (χ1) is 14.3. The number of aromatic nitrogens is 3. The van der Waals surface area contributed by atoms with E-state index in [2.05, 4.69) is 61.9 Å². The van der Waals surface area contributed by atoms with Gasteiger partial charge in [0.15, 0.2) is 5.52 Å². The summed E-state index contributed by atoms with van der Waals surface area (Å²) < 4.78 is 21.9. The monoisotopic (exact) mass is 400 g/mol. The molecule has 0 aliphatic carbocycles. The number of furan rings is 1. The van der Waals surface area contributed by atoms with Gasteiger partial charge in [0.25, 0.3) is 6.33 Å². The van der Waals surface area contributed by atoms with E-state index in [1.54, 1.807) is 6.07 Å². The van der Waals surface area contributed by atoms with E-state index in [9.17, 15) is 4.39 Å². The van der Waals surface area contributed by atoms with E-state index in [0.717, 1.165) is 49.6 Å². The normalized spacial score (nSPS) is 12.0.